The first-order valence-electron chi connectivity index (χ1n) is 5.12. The number of nitrogens with zero attached hydrogens (tertiary/aromatic N) is 2. The summed E-state index contributed by atoms with van der Waals surface area (Å²) >= 11 is 0. The highest BCUT2D eigenvalue weighted by molar-refractivity contribution is 5.61. The van der Waals surface area contributed by atoms with E-state index >= 15 is 0 Å². The van der Waals surface area contributed by atoms with Crippen LogP contribution in [-0.4, -0.2) is 34.2 Å². The summed E-state index contributed by atoms with van der Waals surface area (Å²) in [6.07, 6.45) is 0. The van der Waals surface area contributed by atoms with Gasteiger partial charge in [0.25, 0.3) is 0 Å². The second kappa shape index (κ2) is 4.96. The summed E-state index contributed by atoms with van der Waals surface area (Å²) < 4.78 is 0. The summed E-state index contributed by atoms with van der Waals surface area (Å²) in [6, 6.07) is 2.89. The van der Waals surface area contributed by atoms with Gasteiger partial charge in [-0.1, -0.05) is 0 Å². The topological polar surface area (TPSA) is 100 Å². The third-order valence-electron chi connectivity index (χ3n) is 2.18. The molecule has 0 amide bonds. The molecule has 1 heterocycles. The van der Waals surface area contributed by atoms with E-state index in [9.17, 15) is 10.1 Å². The van der Waals surface area contributed by atoms with Gasteiger partial charge in [-0.15, -0.1) is 0 Å². The Bertz CT molecular complexity index is 420. The van der Waals surface area contributed by atoms with Crippen LogP contribution in [0.25, 0.3) is 0 Å². The number of aliphatic hydroxyl groups excluding tert-OH is 1. The molecule has 94 valence electrons. The molecule has 1 rings (SSSR count). The fourth-order valence-corrected chi connectivity index (χ4v) is 1.19. The molecule has 3 N–H and O–H groups in total. The van der Waals surface area contributed by atoms with Crippen molar-refractivity contribution in [1.82, 2.24) is 4.98 Å². The van der Waals surface area contributed by atoms with Crippen molar-refractivity contribution in [3.05, 3.63) is 22.2 Å². The molecule has 0 spiro atoms. The predicted molar refractivity (Wildman–Crippen MR) is 65.2 cm³/mol. The van der Waals surface area contributed by atoms with Crippen molar-refractivity contribution >= 4 is 17.3 Å². The summed E-state index contributed by atoms with van der Waals surface area (Å²) in [6.45, 7) is 3.30. The molecule has 0 radical (unpaired) electrons. The Morgan fingerprint density at radius 1 is 1.53 bits per heavy atom. The lowest BCUT2D eigenvalue weighted by Crippen LogP contribution is -2.35. The summed E-state index contributed by atoms with van der Waals surface area (Å²) in [5.74, 6) is 0.660. The molecule has 0 fully saturated rings. The molecule has 17 heavy (non-hydrogen) atoms. The van der Waals surface area contributed by atoms with E-state index < -0.39 is 10.5 Å². The molecule has 0 bridgehead atoms. The number of hydrogen-bond acceptors (Lipinski definition) is 6. The second-order valence-electron chi connectivity index (χ2n) is 4.24. The van der Waals surface area contributed by atoms with Crippen molar-refractivity contribution in [2.75, 3.05) is 24.3 Å². The predicted octanol–water partition coefficient (Wildman–Crippen LogP) is 1.21. The van der Waals surface area contributed by atoms with Gasteiger partial charge in [-0.2, -0.15) is 0 Å². The van der Waals surface area contributed by atoms with Crippen molar-refractivity contribution < 1.29 is 10.0 Å². The van der Waals surface area contributed by atoms with Gasteiger partial charge in [0.1, 0.15) is 5.82 Å². The molecule has 1 aromatic heterocycles. The van der Waals surface area contributed by atoms with Gasteiger partial charge >= 0.3 is 5.69 Å². The van der Waals surface area contributed by atoms with E-state index in [2.05, 4.69) is 15.6 Å². The number of hydrogen-bond donors (Lipinski definition) is 3. The third-order valence-corrected chi connectivity index (χ3v) is 2.18. The van der Waals surface area contributed by atoms with Crippen LogP contribution in [0.15, 0.2) is 12.1 Å². The van der Waals surface area contributed by atoms with Crippen LogP contribution >= 0.6 is 0 Å². The minimum Gasteiger partial charge on any atom is -0.394 e. The number of anilines is 2. The minimum absolute atomic E-state index is 0.120. The molecule has 0 aliphatic heterocycles. The van der Waals surface area contributed by atoms with Crippen LogP contribution in [0.1, 0.15) is 13.8 Å². The zero-order valence-corrected chi connectivity index (χ0v) is 10.0. The largest absolute Gasteiger partial charge is 0.394 e. The Morgan fingerprint density at radius 3 is 2.65 bits per heavy atom. The second-order valence-corrected chi connectivity index (χ2v) is 4.24. The van der Waals surface area contributed by atoms with E-state index in [1.54, 1.807) is 20.9 Å². The molecule has 7 heteroatoms. The average Bonchev–Trinajstić information content (AvgIpc) is 2.28. The van der Waals surface area contributed by atoms with Crippen LogP contribution in [0.2, 0.25) is 0 Å². The highest BCUT2D eigenvalue weighted by Crippen LogP contribution is 2.26. The Labute approximate surface area is 99.0 Å². The molecule has 0 saturated carbocycles. The molecule has 7 nitrogen and oxygen atoms in total. The molecule has 0 aliphatic rings. The summed E-state index contributed by atoms with van der Waals surface area (Å²) in [7, 11) is 1.68. The molecular weight excluding hydrogens is 224 g/mol. The first kappa shape index (κ1) is 13.2. The molecule has 0 aromatic carbocycles. The fraction of sp³-hybridized carbons (Fsp3) is 0.500. The van der Waals surface area contributed by atoms with E-state index in [4.69, 9.17) is 5.11 Å². The highest BCUT2D eigenvalue weighted by Gasteiger charge is 2.23. The summed E-state index contributed by atoms with van der Waals surface area (Å²) in [5.41, 5.74) is -0.796. The number of rotatable bonds is 5. The maximum atomic E-state index is 10.8. The lowest BCUT2D eigenvalue weighted by molar-refractivity contribution is -0.384. The molecule has 1 aromatic rings. The Kier molecular flexibility index (Phi) is 3.84. The van der Waals surface area contributed by atoms with Crippen LogP contribution in [0, 0.1) is 10.1 Å². The van der Waals surface area contributed by atoms with Crippen LogP contribution in [0.5, 0.6) is 0 Å². The quantitative estimate of drug-likeness (QED) is 0.528. The summed E-state index contributed by atoms with van der Waals surface area (Å²) in [4.78, 5) is 14.4. The molecule has 0 atom stereocenters. The van der Waals surface area contributed by atoms with Crippen molar-refractivity contribution in [1.29, 1.82) is 0 Å². The normalized spacial score (nSPS) is 11.1. The molecule has 0 saturated heterocycles. The monoisotopic (exact) mass is 240 g/mol. The van der Waals surface area contributed by atoms with Gasteiger partial charge in [-0.05, 0) is 19.9 Å². The van der Waals surface area contributed by atoms with E-state index in [1.165, 1.54) is 12.1 Å². The average molecular weight is 240 g/mol. The zero-order chi connectivity index (χ0) is 13.1. The maximum absolute atomic E-state index is 10.8. The van der Waals surface area contributed by atoms with E-state index in [0.29, 0.717) is 5.82 Å². The molecular formula is C10H16N4O3. The van der Waals surface area contributed by atoms with Gasteiger partial charge in [0.2, 0.25) is 5.82 Å². The first-order valence-corrected chi connectivity index (χ1v) is 5.12. The number of aromatic nitrogens is 1. The lowest BCUT2D eigenvalue weighted by atomic mass is 10.1. The van der Waals surface area contributed by atoms with E-state index in [-0.39, 0.29) is 18.1 Å². The minimum atomic E-state index is -0.676. The zero-order valence-electron chi connectivity index (χ0n) is 10.0. The summed E-state index contributed by atoms with van der Waals surface area (Å²) in [5, 5.41) is 25.6. The number of aliphatic hydroxyl groups is 1. The SMILES string of the molecule is CNc1ccc([N+](=O)[O-])c(NC(C)(C)CO)n1. The fourth-order valence-electron chi connectivity index (χ4n) is 1.19. The number of pyridine rings is 1. The Balaban J connectivity index is 3.13. The Morgan fingerprint density at radius 2 is 2.18 bits per heavy atom. The van der Waals surface area contributed by atoms with Crippen molar-refractivity contribution in [3.8, 4) is 0 Å². The van der Waals surface area contributed by atoms with Crippen LogP contribution in [-0.2, 0) is 0 Å². The third kappa shape index (κ3) is 3.28. The number of nitrogens with one attached hydrogen (secondary N) is 2. The van der Waals surface area contributed by atoms with Gasteiger partial charge in [0.15, 0.2) is 0 Å². The van der Waals surface area contributed by atoms with E-state index in [0.717, 1.165) is 0 Å². The maximum Gasteiger partial charge on any atom is 0.311 e. The van der Waals surface area contributed by atoms with Crippen molar-refractivity contribution in [3.63, 3.8) is 0 Å². The first-order chi connectivity index (χ1) is 7.89. The standard InChI is InChI=1S/C10H16N4O3/c1-10(2,6-15)13-9-7(14(16)17)4-5-8(11-3)12-9/h4-5,15H,6H2,1-3H3,(H2,11,12,13). The molecule has 0 unspecified atom stereocenters. The van der Waals surface area contributed by atoms with Gasteiger partial charge in [0.05, 0.1) is 17.1 Å². The van der Waals surface area contributed by atoms with E-state index in [1.807, 2.05) is 0 Å². The highest BCUT2D eigenvalue weighted by atomic mass is 16.6. The van der Waals surface area contributed by atoms with Gasteiger partial charge < -0.3 is 15.7 Å². The van der Waals surface area contributed by atoms with Gasteiger partial charge in [-0.3, -0.25) is 10.1 Å². The smallest absolute Gasteiger partial charge is 0.311 e. The van der Waals surface area contributed by atoms with Gasteiger partial charge in [-0.25, -0.2) is 4.98 Å². The van der Waals surface area contributed by atoms with Crippen molar-refractivity contribution in [2.24, 2.45) is 0 Å². The van der Waals surface area contributed by atoms with Crippen LogP contribution in [0.4, 0.5) is 17.3 Å². The van der Waals surface area contributed by atoms with Crippen LogP contribution < -0.4 is 10.6 Å². The van der Waals surface area contributed by atoms with Gasteiger partial charge in [0, 0.05) is 13.1 Å². The Hall–Kier alpha value is -1.89. The van der Waals surface area contributed by atoms with Crippen molar-refractivity contribution in [2.45, 2.75) is 19.4 Å². The lowest BCUT2D eigenvalue weighted by Gasteiger charge is -2.24. The molecule has 0 aliphatic carbocycles. The van der Waals surface area contributed by atoms with Crippen LogP contribution in [0.3, 0.4) is 0 Å². The number of nitro groups is 1.